The van der Waals surface area contributed by atoms with E-state index >= 15 is 4.39 Å². The number of methoxy groups -OCH3 is 1. The fraction of sp³-hybridized carbons (Fsp3) is 0.412. The van der Waals surface area contributed by atoms with E-state index in [0.717, 1.165) is 0 Å². The largest absolute Gasteiger partial charge is 0.481 e. The molecule has 1 unspecified atom stereocenters. The molecule has 1 amide bonds. The van der Waals surface area contributed by atoms with E-state index in [1.165, 1.54) is 24.3 Å². The number of ether oxygens (including phenoxy) is 5. The molecule has 5 rings (SSSR count). The maximum absolute atomic E-state index is 15.5. The highest BCUT2D eigenvalue weighted by molar-refractivity contribution is 5.94. The Balaban J connectivity index is 1.45. The van der Waals surface area contributed by atoms with Gasteiger partial charge in [0.05, 0.1) is 25.7 Å². The molecular weight excluding hydrogens is 602 g/mol. The highest BCUT2D eigenvalue weighted by atomic mass is 19.1. The lowest BCUT2D eigenvalue weighted by Crippen LogP contribution is -2.35. The van der Waals surface area contributed by atoms with Crippen molar-refractivity contribution < 1.29 is 47.2 Å². The lowest BCUT2D eigenvalue weighted by Gasteiger charge is -2.27. The zero-order chi connectivity index (χ0) is 32.8. The molecule has 1 fully saturated rings. The van der Waals surface area contributed by atoms with E-state index in [1.54, 1.807) is 36.3 Å². The second-order valence-electron chi connectivity index (χ2n) is 11.2. The predicted octanol–water partition coefficient (Wildman–Crippen LogP) is 5.30. The molecule has 246 valence electrons. The van der Waals surface area contributed by atoms with Gasteiger partial charge < -0.3 is 34.1 Å². The van der Waals surface area contributed by atoms with Crippen LogP contribution in [-0.4, -0.2) is 68.9 Å². The van der Waals surface area contributed by atoms with Gasteiger partial charge in [0.15, 0.2) is 18.3 Å². The van der Waals surface area contributed by atoms with Crippen molar-refractivity contribution in [2.24, 2.45) is 5.92 Å². The third-order valence-corrected chi connectivity index (χ3v) is 8.38. The topological polar surface area (TPSA) is 116 Å². The fourth-order valence-electron chi connectivity index (χ4n) is 6.20. The summed E-state index contributed by atoms with van der Waals surface area (Å²) in [5.41, 5.74) is 2.65. The second kappa shape index (κ2) is 14.9. The van der Waals surface area contributed by atoms with Gasteiger partial charge in [-0.2, -0.15) is 0 Å². The highest BCUT2D eigenvalue weighted by Gasteiger charge is 2.49. The number of carboxylic acids is 1. The maximum Gasteiger partial charge on any atom is 0.309 e. The number of carbonyl (C=O) groups excluding carboxylic acids is 1. The Morgan fingerprint density at radius 3 is 2.30 bits per heavy atom. The molecule has 3 aromatic carbocycles. The van der Waals surface area contributed by atoms with Crippen molar-refractivity contribution in [1.82, 2.24) is 4.90 Å². The molecule has 12 heteroatoms. The highest BCUT2D eigenvalue weighted by Crippen LogP contribution is 2.48. The molecule has 2 heterocycles. The van der Waals surface area contributed by atoms with E-state index in [9.17, 15) is 19.1 Å². The normalized spacial score (nSPS) is 18.9. The van der Waals surface area contributed by atoms with Gasteiger partial charge in [-0.25, -0.2) is 8.78 Å². The van der Waals surface area contributed by atoms with E-state index in [-0.39, 0.29) is 43.8 Å². The summed E-state index contributed by atoms with van der Waals surface area (Å²) < 4.78 is 56.4. The average Bonchev–Trinajstić information content (AvgIpc) is 3.65. The van der Waals surface area contributed by atoms with Gasteiger partial charge in [0.1, 0.15) is 17.4 Å². The van der Waals surface area contributed by atoms with Crippen molar-refractivity contribution in [3.8, 4) is 17.2 Å². The number of amides is 1. The molecule has 46 heavy (non-hydrogen) atoms. The number of carboxylic acid groups (broad SMARTS) is 1. The van der Waals surface area contributed by atoms with Crippen LogP contribution in [0.4, 0.5) is 14.5 Å². The molecule has 0 bridgehead atoms. The minimum Gasteiger partial charge on any atom is -0.481 e. The van der Waals surface area contributed by atoms with Gasteiger partial charge in [-0.3, -0.25) is 14.5 Å². The van der Waals surface area contributed by atoms with Crippen LogP contribution in [0.2, 0.25) is 0 Å². The molecule has 0 aliphatic carbocycles. The molecule has 0 saturated carbocycles. The van der Waals surface area contributed by atoms with Crippen LogP contribution in [0.15, 0.2) is 48.5 Å². The summed E-state index contributed by atoms with van der Waals surface area (Å²) in [6.45, 7) is 4.37. The van der Waals surface area contributed by atoms with Gasteiger partial charge in [0, 0.05) is 37.4 Å². The number of hydrogen-bond acceptors (Lipinski definition) is 8. The summed E-state index contributed by atoms with van der Waals surface area (Å²) in [7, 11) is 1.57. The van der Waals surface area contributed by atoms with Crippen molar-refractivity contribution in [3.05, 3.63) is 82.4 Å². The predicted molar refractivity (Wildman–Crippen MR) is 164 cm³/mol. The smallest absolute Gasteiger partial charge is 0.309 e. The van der Waals surface area contributed by atoms with Crippen LogP contribution < -0.4 is 19.5 Å². The minimum atomic E-state index is -1.14. The number of aryl methyl sites for hydroxylation is 2. The molecular formula is C34H38F2N2O8. The molecule has 2 aliphatic heterocycles. The van der Waals surface area contributed by atoms with Crippen LogP contribution in [0.3, 0.4) is 0 Å². The SMILES string of the molecule is CCc1cc(F)cc(CC)c1NC(=O)CN1C[C@H](c2cc3c(cc2F)OCO3)C(C(=O)O)[C@@H]1c1ccc(OCOCCOC)cc1. The van der Waals surface area contributed by atoms with Gasteiger partial charge >= 0.3 is 5.97 Å². The Labute approximate surface area is 266 Å². The number of nitrogens with zero attached hydrogens (tertiary/aromatic N) is 1. The number of carbonyl (C=O) groups is 2. The Kier molecular flexibility index (Phi) is 10.7. The molecule has 1 saturated heterocycles. The number of aliphatic carboxylic acids is 1. The third-order valence-electron chi connectivity index (χ3n) is 8.38. The van der Waals surface area contributed by atoms with E-state index < -0.39 is 35.6 Å². The maximum atomic E-state index is 15.5. The number of hydrogen-bond donors (Lipinski definition) is 2. The number of anilines is 1. The van der Waals surface area contributed by atoms with Crippen molar-refractivity contribution in [2.75, 3.05) is 52.3 Å². The molecule has 3 aromatic rings. The van der Waals surface area contributed by atoms with Crippen LogP contribution in [0.5, 0.6) is 17.2 Å². The summed E-state index contributed by atoms with van der Waals surface area (Å²) in [6.07, 6.45) is 1.01. The van der Waals surface area contributed by atoms with Gasteiger partial charge in [-0.1, -0.05) is 26.0 Å². The first-order valence-electron chi connectivity index (χ1n) is 15.2. The standard InChI is InChI=1S/C34H38F2N2O8/c1-4-20-12-23(35)13-21(5-2)32(20)37-30(39)17-38-16-26(25-14-28-29(15-27(25)36)46-19-45-28)31(34(40)41)33(38)22-6-8-24(9-7-22)44-18-43-11-10-42-3/h6-9,12-15,26,31,33H,4-5,10-11,16-19H2,1-3H3,(H,37,39)(H,40,41)/t26-,31?,33+/m1/s1. The molecule has 0 radical (unpaired) electrons. The first kappa shape index (κ1) is 33.1. The number of fused-ring (bicyclic) bond motifs is 1. The monoisotopic (exact) mass is 640 g/mol. The molecule has 3 atom stereocenters. The Bertz CT molecular complexity index is 1530. The van der Waals surface area contributed by atoms with Gasteiger partial charge in [0.2, 0.25) is 12.7 Å². The zero-order valence-corrected chi connectivity index (χ0v) is 26.0. The molecule has 2 aliphatic rings. The molecule has 0 spiro atoms. The van der Waals surface area contributed by atoms with Crippen LogP contribution in [0.1, 0.15) is 48.1 Å². The first-order valence-corrected chi connectivity index (χ1v) is 15.2. The van der Waals surface area contributed by atoms with Crippen LogP contribution in [0.25, 0.3) is 0 Å². The van der Waals surface area contributed by atoms with Crippen LogP contribution >= 0.6 is 0 Å². The zero-order valence-electron chi connectivity index (χ0n) is 26.0. The second-order valence-corrected chi connectivity index (χ2v) is 11.2. The molecule has 0 aromatic heterocycles. The summed E-state index contributed by atoms with van der Waals surface area (Å²) in [5, 5.41) is 13.5. The van der Waals surface area contributed by atoms with E-state index in [1.807, 2.05) is 13.8 Å². The Morgan fingerprint density at radius 1 is 1.00 bits per heavy atom. The summed E-state index contributed by atoms with van der Waals surface area (Å²) in [5.74, 6) is -3.38. The van der Waals surface area contributed by atoms with Crippen LogP contribution in [-0.2, 0) is 31.9 Å². The van der Waals surface area contributed by atoms with Crippen LogP contribution in [0, 0.1) is 17.6 Å². The summed E-state index contributed by atoms with van der Waals surface area (Å²) >= 11 is 0. The van der Waals surface area contributed by atoms with E-state index in [4.69, 9.17) is 23.7 Å². The molecule has 10 nitrogen and oxygen atoms in total. The first-order chi connectivity index (χ1) is 22.2. The number of likely N-dealkylation sites (tertiary alicyclic amines) is 1. The number of halogens is 2. The molecule has 2 N–H and O–H groups in total. The van der Waals surface area contributed by atoms with Gasteiger partial charge in [-0.15, -0.1) is 0 Å². The van der Waals surface area contributed by atoms with Gasteiger partial charge in [-0.05, 0) is 65.4 Å². The number of benzene rings is 3. The Hall–Kier alpha value is -4.26. The quantitative estimate of drug-likeness (QED) is 0.179. The average molecular weight is 641 g/mol. The van der Waals surface area contributed by atoms with Crippen molar-refractivity contribution in [1.29, 1.82) is 0 Å². The summed E-state index contributed by atoms with van der Waals surface area (Å²) in [4.78, 5) is 28.3. The lowest BCUT2D eigenvalue weighted by molar-refractivity contribution is -0.143. The van der Waals surface area contributed by atoms with E-state index in [2.05, 4.69) is 5.32 Å². The lowest BCUT2D eigenvalue weighted by atomic mass is 9.82. The number of nitrogens with one attached hydrogen (secondary N) is 1. The number of rotatable bonds is 14. The van der Waals surface area contributed by atoms with Crippen molar-refractivity contribution in [2.45, 2.75) is 38.6 Å². The van der Waals surface area contributed by atoms with Crippen molar-refractivity contribution >= 4 is 17.6 Å². The van der Waals surface area contributed by atoms with E-state index in [0.29, 0.717) is 59.9 Å². The third kappa shape index (κ3) is 7.24. The summed E-state index contributed by atoms with van der Waals surface area (Å²) in [6, 6.07) is 11.6. The fourth-order valence-corrected chi connectivity index (χ4v) is 6.20. The van der Waals surface area contributed by atoms with Crippen molar-refractivity contribution in [3.63, 3.8) is 0 Å². The van der Waals surface area contributed by atoms with Gasteiger partial charge in [0.25, 0.3) is 0 Å². The Morgan fingerprint density at radius 2 is 1.67 bits per heavy atom. The minimum absolute atomic E-state index is 0.00449.